The SMILES string of the molecule is CN(CCOCC1CC1)Cc1ccc(F)c(C(=O)O)c1. The van der Waals surface area contributed by atoms with Crippen LogP contribution in [0.2, 0.25) is 0 Å². The third kappa shape index (κ3) is 4.58. The van der Waals surface area contributed by atoms with Crippen LogP contribution < -0.4 is 0 Å². The van der Waals surface area contributed by atoms with E-state index in [1.807, 2.05) is 11.9 Å². The summed E-state index contributed by atoms with van der Waals surface area (Å²) in [5, 5.41) is 8.88. The lowest BCUT2D eigenvalue weighted by atomic mass is 10.1. The van der Waals surface area contributed by atoms with E-state index in [2.05, 4.69) is 0 Å². The number of nitrogens with zero attached hydrogens (tertiary/aromatic N) is 1. The van der Waals surface area contributed by atoms with Crippen molar-refractivity contribution in [3.05, 3.63) is 35.1 Å². The van der Waals surface area contributed by atoms with Crippen LogP contribution in [0.25, 0.3) is 0 Å². The molecule has 0 aliphatic heterocycles. The van der Waals surface area contributed by atoms with E-state index in [1.165, 1.54) is 25.0 Å². The van der Waals surface area contributed by atoms with E-state index in [0.29, 0.717) is 13.2 Å². The highest BCUT2D eigenvalue weighted by molar-refractivity contribution is 5.88. The number of likely N-dealkylation sites (N-methyl/N-ethyl adjacent to an activating group) is 1. The number of carbonyl (C=O) groups is 1. The first kappa shape index (κ1) is 14.9. The van der Waals surface area contributed by atoms with Crippen LogP contribution >= 0.6 is 0 Å². The van der Waals surface area contributed by atoms with Gasteiger partial charge in [0.25, 0.3) is 0 Å². The number of ether oxygens (including phenoxy) is 1. The van der Waals surface area contributed by atoms with Crippen molar-refractivity contribution >= 4 is 5.97 Å². The number of benzene rings is 1. The molecule has 1 aromatic carbocycles. The zero-order chi connectivity index (χ0) is 14.5. The third-order valence-corrected chi connectivity index (χ3v) is 3.38. The van der Waals surface area contributed by atoms with Crippen molar-refractivity contribution < 1.29 is 19.0 Å². The molecule has 0 amide bonds. The lowest BCUT2D eigenvalue weighted by Crippen LogP contribution is -2.23. The van der Waals surface area contributed by atoms with Crippen LogP contribution in [0.4, 0.5) is 4.39 Å². The van der Waals surface area contributed by atoms with Crippen LogP contribution in [0.15, 0.2) is 18.2 Å². The molecule has 2 rings (SSSR count). The molecule has 0 heterocycles. The predicted octanol–water partition coefficient (Wildman–Crippen LogP) is 2.38. The molecule has 1 N–H and O–H groups in total. The summed E-state index contributed by atoms with van der Waals surface area (Å²) in [4.78, 5) is 12.9. The van der Waals surface area contributed by atoms with Crippen LogP contribution in [0.5, 0.6) is 0 Å². The Morgan fingerprint density at radius 1 is 1.50 bits per heavy atom. The van der Waals surface area contributed by atoms with E-state index < -0.39 is 11.8 Å². The van der Waals surface area contributed by atoms with Gasteiger partial charge in [-0.2, -0.15) is 0 Å². The molecule has 0 aromatic heterocycles. The molecule has 20 heavy (non-hydrogen) atoms. The van der Waals surface area contributed by atoms with E-state index in [1.54, 1.807) is 6.07 Å². The van der Waals surface area contributed by atoms with Gasteiger partial charge in [0.15, 0.2) is 0 Å². The molecule has 1 aliphatic rings. The van der Waals surface area contributed by atoms with Gasteiger partial charge >= 0.3 is 5.97 Å². The first-order valence-corrected chi connectivity index (χ1v) is 6.84. The standard InChI is InChI=1S/C15H20FNO3/c1-17(6-7-20-10-11-2-3-11)9-12-4-5-14(16)13(8-12)15(18)19/h4-5,8,11H,2-3,6-7,9-10H2,1H3,(H,18,19). The van der Waals surface area contributed by atoms with Crippen LogP contribution in [0.3, 0.4) is 0 Å². The van der Waals surface area contributed by atoms with Crippen molar-refractivity contribution in [2.75, 3.05) is 26.8 Å². The number of rotatable bonds is 8. The summed E-state index contributed by atoms with van der Waals surface area (Å²) in [6.07, 6.45) is 2.56. The fourth-order valence-corrected chi connectivity index (χ4v) is 1.98. The number of carboxylic acids is 1. The Kier molecular flexibility index (Phi) is 5.09. The molecular formula is C15H20FNO3. The molecular weight excluding hydrogens is 261 g/mol. The molecule has 5 heteroatoms. The van der Waals surface area contributed by atoms with Gasteiger partial charge in [-0.25, -0.2) is 9.18 Å². The van der Waals surface area contributed by atoms with Crippen LogP contribution in [0.1, 0.15) is 28.8 Å². The average molecular weight is 281 g/mol. The Hall–Kier alpha value is -1.46. The first-order valence-electron chi connectivity index (χ1n) is 6.84. The van der Waals surface area contributed by atoms with Gasteiger partial charge in [0.05, 0.1) is 12.2 Å². The molecule has 0 saturated heterocycles. The maximum Gasteiger partial charge on any atom is 0.338 e. The van der Waals surface area contributed by atoms with Gasteiger partial charge in [-0.05, 0) is 43.5 Å². The van der Waals surface area contributed by atoms with Gasteiger partial charge in [0.1, 0.15) is 5.82 Å². The van der Waals surface area contributed by atoms with Gasteiger partial charge in [-0.1, -0.05) is 6.07 Å². The monoisotopic (exact) mass is 281 g/mol. The molecule has 1 aromatic rings. The van der Waals surface area contributed by atoms with Crippen molar-refractivity contribution in [1.82, 2.24) is 4.90 Å². The third-order valence-electron chi connectivity index (χ3n) is 3.38. The normalized spacial score (nSPS) is 14.8. The minimum atomic E-state index is -1.24. The summed E-state index contributed by atoms with van der Waals surface area (Å²) in [5.74, 6) is -1.17. The highest BCUT2D eigenvalue weighted by atomic mass is 19.1. The molecule has 4 nitrogen and oxygen atoms in total. The second-order valence-electron chi connectivity index (χ2n) is 5.38. The minimum absolute atomic E-state index is 0.277. The Morgan fingerprint density at radius 2 is 2.25 bits per heavy atom. The predicted molar refractivity (Wildman–Crippen MR) is 73.2 cm³/mol. The summed E-state index contributed by atoms with van der Waals surface area (Å²) in [6.45, 7) is 2.85. The topological polar surface area (TPSA) is 49.8 Å². The average Bonchev–Trinajstić information content (AvgIpc) is 3.21. The number of carboxylic acid groups (broad SMARTS) is 1. The molecule has 1 fully saturated rings. The van der Waals surface area contributed by atoms with E-state index in [9.17, 15) is 9.18 Å². The van der Waals surface area contributed by atoms with Crippen LogP contribution in [-0.2, 0) is 11.3 Å². The van der Waals surface area contributed by atoms with Gasteiger partial charge in [0, 0.05) is 19.7 Å². The fourth-order valence-electron chi connectivity index (χ4n) is 1.98. The smallest absolute Gasteiger partial charge is 0.338 e. The van der Waals surface area contributed by atoms with E-state index in [4.69, 9.17) is 9.84 Å². The Labute approximate surface area is 118 Å². The molecule has 0 bridgehead atoms. The van der Waals surface area contributed by atoms with E-state index in [0.717, 1.165) is 24.6 Å². The molecule has 0 radical (unpaired) electrons. The number of aromatic carboxylic acids is 1. The Morgan fingerprint density at radius 3 is 2.90 bits per heavy atom. The molecule has 0 spiro atoms. The summed E-state index contributed by atoms with van der Waals surface area (Å²) >= 11 is 0. The van der Waals surface area contributed by atoms with Crippen LogP contribution in [-0.4, -0.2) is 42.8 Å². The second-order valence-corrected chi connectivity index (χ2v) is 5.38. The number of halogens is 1. The van der Waals surface area contributed by atoms with Crippen molar-refractivity contribution in [3.8, 4) is 0 Å². The molecule has 1 aliphatic carbocycles. The molecule has 0 unspecified atom stereocenters. The molecule has 110 valence electrons. The van der Waals surface area contributed by atoms with Gasteiger partial charge in [0.2, 0.25) is 0 Å². The fraction of sp³-hybridized carbons (Fsp3) is 0.533. The Balaban J connectivity index is 1.78. The maximum atomic E-state index is 13.3. The highest BCUT2D eigenvalue weighted by Crippen LogP contribution is 2.28. The molecule has 1 saturated carbocycles. The lowest BCUT2D eigenvalue weighted by Gasteiger charge is -2.17. The quantitative estimate of drug-likeness (QED) is 0.743. The highest BCUT2D eigenvalue weighted by Gasteiger charge is 2.21. The van der Waals surface area contributed by atoms with E-state index in [-0.39, 0.29) is 5.56 Å². The zero-order valence-electron chi connectivity index (χ0n) is 11.6. The second kappa shape index (κ2) is 6.81. The van der Waals surface area contributed by atoms with Gasteiger partial charge < -0.3 is 9.84 Å². The van der Waals surface area contributed by atoms with Crippen molar-refractivity contribution in [3.63, 3.8) is 0 Å². The molecule has 0 atom stereocenters. The van der Waals surface area contributed by atoms with Crippen molar-refractivity contribution in [2.45, 2.75) is 19.4 Å². The first-order chi connectivity index (χ1) is 9.56. The van der Waals surface area contributed by atoms with E-state index >= 15 is 0 Å². The van der Waals surface area contributed by atoms with Crippen molar-refractivity contribution in [2.24, 2.45) is 5.92 Å². The number of hydrogen-bond acceptors (Lipinski definition) is 3. The van der Waals surface area contributed by atoms with Gasteiger partial charge in [-0.3, -0.25) is 4.90 Å². The van der Waals surface area contributed by atoms with Gasteiger partial charge in [-0.15, -0.1) is 0 Å². The summed E-state index contributed by atoms with van der Waals surface area (Å²) < 4.78 is 18.8. The lowest BCUT2D eigenvalue weighted by molar-refractivity contribution is 0.0691. The van der Waals surface area contributed by atoms with Crippen LogP contribution in [0, 0.1) is 11.7 Å². The zero-order valence-corrected chi connectivity index (χ0v) is 11.6. The Bertz CT molecular complexity index is 474. The maximum absolute atomic E-state index is 13.3. The van der Waals surface area contributed by atoms with Crippen molar-refractivity contribution in [1.29, 1.82) is 0 Å². The largest absolute Gasteiger partial charge is 0.478 e. The summed E-state index contributed by atoms with van der Waals surface area (Å²) in [5.41, 5.74) is 0.509. The number of hydrogen-bond donors (Lipinski definition) is 1. The minimum Gasteiger partial charge on any atom is -0.478 e. The summed E-state index contributed by atoms with van der Waals surface area (Å²) in [6, 6.07) is 4.21. The summed E-state index contributed by atoms with van der Waals surface area (Å²) in [7, 11) is 1.93.